The smallest absolute Gasteiger partial charge is 0.155 e. The number of nitrogens with one attached hydrogen (secondary N) is 2. The van der Waals surface area contributed by atoms with Gasteiger partial charge in [-0.1, -0.05) is 35.9 Å². The molecule has 0 atom stereocenters. The maximum absolute atomic E-state index is 4.39. The molecule has 0 aliphatic heterocycles. The predicted octanol–water partition coefficient (Wildman–Crippen LogP) is 3.83. The molecule has 0 aliphatic carbocycles. The summed E-state index contributed by atoms with van der Waals surface area (Å²) < 4.78 is 0. The van der Waals surface area contributed by atoms with Gasteiger partial charge >= 0.3 is 0 Å². The molecule has 2 aromatic heterocycles. The van der Waals surface area contributed by atoms with Crippen molar-refractivity contribution in [1.29, 1.82) is 0 Å². The quantitative estimate of drug-likeness (QED) is 0.604. The molecule has 0 radical (unpaired) electrons. The summed E-state index contributed by atoms with van der Waals surface area (Å²) in [6, 6.07) is 14.5. The maximum atomic E-state index is 4.39. The van der Waals surface area contributed by atoms with Crippen LogP contribution in [0.25, 0.3) is 34.4 Å². The van der Waals surface area contributed by atoms with E-state index in [1.54, 1.807) is 0 Å². The molecule has 2 aromatic carbocycles. The van der Waals surface area contributed by atoms with E-state index in [-0.39, 0.29) is 0 Å². The maximum Gasteiger partial charge on any atom is 0.155 e. The lowest BCUT2D eigenvalue weighted by molar-refractivity contribution is 1.10. The van der Waals surface area contributed by atoms with Gasteiger partial charge in [-0.3, -0.25) is 10.2 Å². The van der Waals surface area contributed by atoms with E-state index in [0.717, 1.165) is 33.5 Å². The average molecular weight is 301 g/mol. The Kier molecular flexibility index (Phi) is 3.24. The topological polar surface area (TPSA) is 70.2 Å². The van der Waals surface area contributed by atoms with Crippen LogP contribution in [-0.2, 0) is 0 Å². The van der Waals surface area contributed by atoms with Gasteiger partial charge in [0.1, 0.15) is 6.33 Å². The van der Waals surface area contributed by atoms with E-state index >= 15 is 0 Å². The molecule has 5 heteroatoms. The van der Waals surface area contributed by atoms with E-state index in [0.29, 0.717) is 0 Å². The highest BCUT2D eigenvalue weighted by atomic mass is 15.2. The van der Waals surface area contributed by atoms with Crippen LogP contribution in [0.1, 0.15) is 16.8 Å². The van der Waals surface area contributed by atoms with Crippen molar-refractivity contribution in [1.82, 2.24) is 25.4 Å². The Morgan fingerprint density at radius 2 is 1.83 bits per heavy atom. The van der Waals surface area contributed by atoms with Crippen LogP contribution < -0.4 is 0 Å². The zero-order valence-corrected chi connectivity index (χ0v) is 12.6. The van der Waals surface area contributed by atoms with Crippen LogP contribution in [0.3, 0.4) is 0 Å². The second kappa shape index (κ2) is 5.53. The molecule has 0 fully saturated rings. The van der Waals surface area contributed by atoms with Crippen molar-refractivity contribution < 1.29 is 0 Å². The van der Waals surface area contributed by atoms with E-state index < -0.39 is 0 Å². The van der Waals surface area contributed by atoms with Gasteiger partial charge in [-0.2, -0.15) is 10.2 Å². The van der Waals surface area contributed by atoms with E-state index in [1.807, 2.05) is 18.2 Å². The van der Waals surface area contributed by atoms with Gasteiger partial charge in [-0.15, -0.1) is 0 Å². The van der Waals surface area contributed by atoms with Crippen LogP contribution in [-0.4, -0.2) is 25.4 Å². The number of benzene rings is 2. The molecule has 112 valence electrons. The second-order valence-corrected chi connectivity index (χ2v) is 5.45. The minimum Gasteiger partial charge on any atom is -0.277 e. The number of hydrogen-bond acceptors (Lipinski definition) is 3. The lowest BCUT2D eigenvalue weighted by Crippen LogP contribution is -1.81. The molecule has 0 saturated carbocycles. The summed E-state index contributed by atoms with van der Waals surface area (Å²) in [6.07, 6.45) is 5.59. The summed E-state index contributed by atoms with van der Waals surface area (Å²) in [6.45, 7) is 2.08. The molecule has 4 aromatic rings. The third-order valence-corrected chi connectivity index (χ3v) is 3.79. The highest BCUT2D eigenvalue weighted by Crippen LogP contribution is 2.24. The Hall–Kier alpha value is -3.21. The number of nitrogens with zero attached hydrogens (tertiary/aromatic N) is 3. The number of hydrogen-bond donors (Lipinski definition) is 2. The predicted molar refractivity (Wildman–Crippen MR) is 91.6 cm³/mol. The first-order valence-electron chi connectivity index (χ1n) is 7.38. The monoisotopic (exact) mass is 301 g/mol. The first kappa shape index (κ1) is 13.5. The Labute approximate surface area is 133 Å². The van der Waals surface area contributed by atoms with Crippen molar-refractivity contribution in [3.8, 4) is 11.4 Å². The van der Waals surface area contributed by atoms with Gasteiger partial charge in [0.25, 0.3) is 0 Å². The van der Waals surface area contributed by atoms with Crippen molar-refractivity contribution in [3.63, 3.8) is 0 Å². The van der Waals surface area contributed by atoms with Crippen LogP contribution in [0.15, 0.2) is 48.8 Å². The Balaban J connectivity index is 1.72. The molecule has 0 spiro atoms. The first-order valence-corrected chi connectivity index (χ1v) is 7.38. The lowest BCUT2D eigenvalue weighted by atomic mass is 10.1. The Morgan fingerprint density at radius 3 is 2.61 bits per heavy atom. The van der Waals surface area contributed by atoms with Crippen LogP contribution in [0.4, 0.5) is 0 Å². The van der Waals surface area contributed by atoms with Crippen molar-refractivity contribution in [2.75, 3.05) is 0 Å². The van der Waals surface area contributed by atoms with Gasteiger partial charge in [0.05, 0.1) is 11.2 Å². The van der Waals surface area contributed by atoms with Crippen LogP contribution >= 0.6 is 0 Å². The third-order valence-electron chi connectivity index (χ3n) is 3.79. The minimum atomic E-state index is 0.751. The average Bonchev–Trinajstić information content (AvgIpc) is 3.24. The molecule has 4 rings (SSSR count). The molecule has 2 N–H and O–H groups in total. The number of aromatic amines is 2. The second-order valence-electron chi connectivity index (χ2n) is 5.45. The van der Waals surface area contributed by atoms with Crippen LogP contribution in [0.2, 0.25) is 0 Å². The zero-order chi connectivity index (χ0) is 15.6. The summed E-state index contributed by atoms with van der Waals surface area (Å²) in [7, 11) is 0. The Bertz CT molecular complexity index is 963. The fourth-order valence-corrected chi connectivity index (χ4v) is 2.51. The normalized spacial score (nSPS) is 11.5. The SMILES string of the molecule is Cc1ccc(/C=C/c2n[nH]c3ccc(-c4ncn[nH]4)cc23)cc1. The number of rotatable bonds is 3. The first-order chi connectivity index (χ1) is 11.3. The van der Waals surface area contributed by atoms with E-state index in [2.05, 4.69) is 68.7 Å². The fraction of sp³-hybridized carbons (Fsp3) is 0.0556. The highest BCUT2D eigenvalue weighted by Gasteiger charge is 2.07. The number of fused-ring (bicyclic) bond motifs is 1. The molecule has 0 saturated heterocycles. The van der Waals surface area contributed by atoms with E-state index in [1.165, 1.54) is 11.9 Å². The summed E-state index contributed by atoms with van der Waals surface area (Å²) >= 11 is 0. The van der Waals surface area contributed by atoms with Gasteiger partial charge < -0.3 is 0 Å². The van der Waals surface area contributed by atoms with Crippen LogP contribution in [0.5, 0.6) is 0 Å². The molecule has 0 amide bonds. The molecular formula is C18H15N5. The van der Waals surface area contributed by atoms with Gasteiger partial charge in [0.2, 0.25) is 0 Å². The fourth-order valence-electron chi connectivity index (χ4n) is 2.51. The van der Waals surface area contributed by atoms with Crippen molar-refractivity contribution in [3.05, 3.63) is 65.6 Å². The van der Waals surface area contributed by atoms with E-state index in [9.17, 15) is 0 Å². The third kappa shape index (κ3) is 2.64. The molecule has 0 unspecified atom stereocenters. The van der Waals surface area contributed by atoms with Gasteiger partial charge in [0.15, 0.2) is 5.82 Å². The molecule has 0 aliphatic rings. The summed E-state index contributed by atoms with van der Waals surface area (Å²) in [5.41, 5.74) is 5.29. The van der Waals surface area contributed by atoms with Gasteiger partial charge in [0, 0.05) is 10.9 Å². The van der Waals surface area contributed by atoms with Crippen molar-refractivity contribution in [2.24, 2.45) is 0 Å². The minimum absolute atomic E-state index is 0.751. The highest BCUT2D eigenvalue weighted by molar-refractivity contribution is 5.91. The van der Waals surface area contributed by atoms with Gasteiger partial charge in [-0.25, -0.2) is 4.98 Å². The molecular weight excluding hydrogens is 286 g/mol. The number of H-pyrrole nitrogens is 2. The summed E-state index contributed by atoms with van der Waals surface area (Å²) in [5, 5.41) is 15.3. The van der Waals surface area contributed by atoms with E-state index in [4.69, 9.17) is 0 Å². The molecule has 5 nitrogen and oxygen atoms in total. The van der Waals surface area contributed by atoms with Gasteiger partial charge in [-0.05, 0) is 36.8 Å². The summed E-state index contributed by atoms with van der Waals surface area (Å²) in [4.78, 5) is 4.19. The van der Waals surface area contributed by atoms with Crippen molar-refractivity contribution >= 4 is 23.1 Å². The van der Waals surface area contributed by atoms with Crippen molar-refractivity contribution in [2.45, 2.75) is 6.92 Å². The number of aromatic nitrogens is 5. The summed E-state index contributed by atoms with van der Waals surface area (Å²) in [5.74, 6) is 0.751. The standard InChI is InChI=1S/C18H15N5/c1-12-2-4-13(5-3-12)6-8-16-15-10-14(18-19-11-20-23-18)7-9-17(15)22-21-16/h2-11H,1H3,(H,21,22)(H,19,20,23)/b8-6+. The Morgan fingerprint density at radius 1 is 0.957 bits per heavy atom. The molecule has 0 bridgehead atoms. The largest absolute Gasteiger partial charge is 0.277 e. The zero-order valence-electron chi connectivity index (χ0n) is 12.6. The number of aryl methyl sites for hydroxylation is 1. The van der Waals surface area contributed by atoms with Crippen LogP contribution in [0, 0.1) is 6.92 Å². The molecule has 2 heterocycles. The lowest BCUT2D eigenvalue weighted by Gasteiger charge is -1.97. The molecule has 23 heavy (non-hydrogen) atoms.